The molecule has 0 aliphatic carbocycles. The molecule has 2 rings (SSSR count). The van der Waals surface area contributed by atoms with Gasteiger partial charge in [0.15, 0.2) is 0 Å². The largest absolute Gasteiger partial charge is 0.489 e. The van der Waals surface area contributed by atoms with E-state index in [1.807, 2.05) is 30.3 Å². The molecule has 0 saturated carbocycles. The second-order valence-electron chi connectivity index (χ2n) is 3.99. The van der Waals surface area contributed by atoms with E-state index in [4.69, 9.17) is 10.00 Å². The number of hydrogen-bond donors (Lipinski definition) is 1. The van der Waals surface area contributed by atoms with Crippen molar-refractivity contribution in [3.8, 4) is 11.8 Å². The van der Waals surface area contributed by atoms with Crippen LogP contribution in [-0.2, 0) is 0 Å². The Morgan fingerprint density at radius 1 is 1.21 bits per heavy atom. The highest BCUT2D eigenvalue weighted by atomic mass is 79.9. The van der Waals surface area contributed by atoms with Gasteiger partial charge in [-0.3, -0.25) is 0 Å². The lowest BCUT2D eigenvalue weighted by Gasteiger charge is -2.13. The molecule has 3 nitrogen and oxygen atoms in total. The summed E-state index contributed by atoms with van der Waals surface area (Å²) in [6, 6.07) is 16.5. The molecule has 0 heterocycles. The van der Waals surface area contributed by atoms with Crippen LogP contribution >= 0.6 is 15.9 Å². The summed E-state index contributed by atoms with van der Waals surface area (Å²) in [5.74, 6) is 0.473. The average molecular weight is 318 g/mol. The maximum absolute atomic E-state index is 9.98. The molecule has 0 saturated heterocycles. The van der Waals surface area contributed by atoms with Gasteiger partial charge in [-0.05, 0) is 23.8 Å². The second kappa shape index (κ2) is 6.37. The van der Waals surface area contributed by atoms with Crippen molar-refractivity contribution in [1.29, 1.82) is 5.26 Å². The zero-order chi connectivity index (χ0) is 13.7. The quantitative estimate of drug-likeness (QED) is 0.939. The Morgan fingerprint density at radius 3 is 2.63 bits per heavy atom. The summed E-state index contributed by atoms with van der Waals surface area (Å²) in [5.41, 5.74) is 1.23. The molecule has 1 N–H and O–H groups in total. The smallest absolute Gasteiger partial charge is 0.137 e. The minimum Gasteiger partial charge on any atom is -0.489 e. The summed E-state index contributed by atoms with van der Waals surface area (Å²) in [7, 11) is 0. The number of nitriles is 1. The third-order valence-electron chi connectivity index (χ3n) is 2.64. The number of nitrogens with zero attached hydrogens (tertiary/aromatic N) is 1. The van der Waals surface area contributed by atoms with E-state index in [9.17, 15) is 5.11 Å². The lowest BCUT2D eigenvalue weighted by atomic mass is 10.1. The van der Waals surface area contributed by atoms with Crippen LogP contribution in [-0.4, -0.2) is 11.7 Å². The Kier molecular flexibility index (Phi) is 4.56. The minimum absolute atomic E-state index is 0.111. The zero-order valence-corrected chi connectivity index (χ0v) is 11.7. The monoisotopic (exact) mass is 317 g/mol. The van der Waals surface area contributed by atoms with Crippen molar-refractivity contribution in [1.82, 2.24) is 0 Å². The number of ether oxygens (including phenoxy) is 1. The van der Waals surface area contributed by atoms with Gasteiger partial charge >= 0.3 is 0 Å². The summed E-state index contributed by atoms with van der Waals surface area (Å²) in [4.78, 5) is 0. The molecule has 2 aromatic carbocycles. The van der Waals surface area contributed by atoms with Crippen LogP contribution in [0.2, 0.25) is 0 Å². The van der Waals surface area contributed by atoms with Crippen LogP contribution in [0.25, 0.3) is 0 Å². The first-order valence-electron chi connectivity index (χ1n) is 5.76. The van der Waals surface area contributed by atoms with E-state index in [-0.39, 0.29) is 6.61 Å². The molecule has 2 aromatic rings. The van der Waals surface area contributed by atoms with E-state index in [0.717, 1.165) is 10.0 Å². The number of halogens is 1. The van der Waals surface area contributed by atoms with Gasteiger partial charge in [-0.15, -0.1) is 0 Å². The van der Waals surface area contributed by atoms with Crippen LogP contribution in [0.15, 0.2) is 53.0 Å². The second-order valence-corrected chi connectivity index (χ2v) is 4.91. The Balaban J connectivity index is 2.05. The van der Waals surface area contributed by atoms with Gasteiger partial charge in [-0.2, -0.15) is 5.26 Å². The Bertz CT molecular complexity index is 593. The third-order valence-corrected chi connectivity index (χ3v) is 3.14. The van der Waals surface area contributed by atoms with Crippen LogP contribution in [0, 0.1) is 11.3 Å². The van der Waals surface area contributed by atoms with Gasteiger partial charge in [0, 0.05) is 4.47 Å². The van der Waals surface area contributed by atoms with Gasteiger partial charge < -0.3 is 9.84 Å². The highest BCUT2D eigenvalue weighted by molar-refractivity contribution is 9.10. The van der Waals surface area contributed by atoms with Crippen molar-refractivity contribution in [2.75, 3.05) is 6.61 Å². The number of hydrogen-bond acceptors (Lipinski definition) is 3. The highest BCUT2D eigenvalue weighted by Crippen LogP contribution is 2.23. The number of benzene rings is 2. The molecular formula is C15H12BrNO2. The van der Waals surface area contributed by atoms with Crippen LogP contribution in [0.1, 0.15) is 17.2 Å². The topological polar surface area (TPSA) is 53.2 Å². The van der Waals surface area contributed by atoms with E-state index in [2.05, 4.69) is 22.0 Å². The first kappa shape index (κ1) is 13.6. The first-order chi connectivity index (χ1) is 9.20. The molecule has 1 atom stereocenters. The van der Waals surface area contributed by atoms with Crippen molar-refractivity contribution in [3.05, 3.63) is 64.1 Å². The standard InChI is InChI=1S/C15H12BrNO2/c16-13-6-7-15(12(8-13)9-17)19-10-14(18)11-4-2-1-3-5-11/h1-8,14,18H,10H2. The fourth-order valence-electron chi connectivity index (χ4n) is 1.66. The lowest BCUT2D eigenvalue weighted by molar-refractivity contribution is 0.108. The molecule has 0 fully saturated rings. The number of aliphatic hydroxyl groups is 1. The summed E-state index contributed by atoms with van der Waals surface area (Å²) < 4.78 is 6.33. The van der Waals surface area contributed by atoms with Crippen molar-refractivity contribution < 1.29 is 9.84 Å². The Hall–Kier alpha value is -1.83. The van der Waals surface area contributed by atoms with Crippen molar-refractivity contribution in [2.24, 2.45) is 0 Å². The van der Waals surface area contributed by atoms with Crippen molar-refractivity contribution in [3.63, 3.8) is 0 Å². The van der Waals surface area contributed by atoms with Crippen molar-refractivity contribution in [2.45, 2.75) is 6.10 Å². The highest BCUT2D eigenvalue weighted by Gasteiger charge is 2.10. The molecule has 96 valence electrons. The molecule has 19 heavy (non-hydrogen) atoms. The molecule has 0 aromatic heterocycles. The van der Waals surface area contributed by atoms with Gasteiger partial charge in [0.1, 0.15) is 24.5 Å². The molecule has 4 heteroatoms. The summed E-state index contributed by atoms with van der Waals surface area (Å²) >= 11 is 3.30. The minimum atomic E-state index is -0.712. The normalized spacial score (nSPS) is 11.6. The Labute approximate surface area is 120 Å². The molecular weight excluding hydrogens is 306 g/mol. The maximum Gasteiger partial charge on any atom is 0.137 e. The van der Waals surface area contributed by atoms with E-state index < -0.39 is 6.10 Å². The fraction of sp³-hybridized carbons (Fsp3) is 0.133. The van der Waals surface area contributed by atoms with Crippen LogP contribution < -0.4 is 4.74 Å². The van der Waals surface area contributed by atoms with E-state index >= 15 is 0 Å². The van der Waals surface area contributed by atoms with Gasteiger partial charge in [0.05, 0.1) is 5.56 Å². The molecule has 0 aliphatic heterocycles. The number of aliphatic hydroxyl groups excluding tert-OH is 1. The van der Waals surface area contributed by atoms with Gasteiger partial charge in [-0.1, -0.05) is 46.3 Å². The van der Waals surface area contributed by atoms with Crippen LogP contribution in [0.4, 0.5) is 0 Å². The third kappa shape index (κ3) is 3.57. The molecule has 0 radical (unpaired) electrons. The maximum atomic E-state index is 9.98. The predicted molar refractivity (Wildman–Crippen MR) is 75.8 cm³/mol. The zero-order valence-electron chi connectivity index (χ0n) is 10.1. The van der Waals surface area contributed by atoms with Crippen LogP contribution in [0.3, 0.4) is 0 Å². The summed E-state index contributed by atoms with van der Waals surface area (Å²) in [6.45, 7) is 0.111. The van der Waals surface area contributed by atoms with Gasteiger partial charge in [-0.25, -0.2) is 0 Å². The number of rotatable bonds is 4. The van der Waals surface area contributed by atoms with Crippen molar-refractivity contribution >= 4 is 15.9 Å². The predicted octanol–water partition coefficient (Wildman–Crippen LogP) is 3.43. The molecule has 1 unspecified atom stereocenters. The molecule has 0 bridgehead atoms. The fourth-order valence-corrected chi connectivity index (χ4v) is 2.02. The lowest BCUT2D eigenvalue weighted by Crippen LogP contribution is -2.10. The van der Waals surface area contributed by atoms with E-state index in [1.54, 1.807) is 18.2 Å². The SMILES string of the molecule is N#Cc1cc(Br)ccc1OCC(O)c1ccccc1. The average Bonchev–Trinajstić information content (AvgIpc) is 2.46. The molecule has 0 spiro atoms. The Morgan fingerprint density at radius 2 is 1.95 bits per heavy atom. The summed E-state index contributed by atoms with van der Waals surface area (Å²) in [5, 5.41) is 19.0. The van der Waals surface area contributed by atoms with Gasteiger partial charge in [0.2, 0.25) is 0 Å². The van der Waals surface area contributed by atoms with E-state index in [1.165, 1.54) is 0 Å². The molecule has 0 aliphatic rings. The van der Waals surface area contributed by atoms with E-state index in [0.29, 0.717) is 11.3 Å². The van der Waals surface area contributed by atoms with Gasteiger partial charge in [0.25, 0.3) is 0 Å². The van der Waals surface area contributed by atoms with Crippen LogP contribution in [0.5, 0.6) is 5.75 Å². The molecule has 0 amide bonds. The summed E-state index contributed by atoms with van der Waals surface area (Å²) in [6.07, 6.45) is -0.712. The first-order valence-corrected chi connectivity index (χ1v) is 6.55.